The Balaban J connectivity index is 2.78. The van der Waals surface area contributed by atoms with Gasteiger partial charge in [0.1, 0.15) is 0 Å². The highest BCUT2D eigenvalue weighted by Crippen LogP contribution is 2.22. The van der Waals surface area contributed by atoms with Crippen LogP contribution in [0.15, 0.2) is 18.3 Å². The average molecular weight is 249 g/mol. The van der Waals surface area contributed by atoms with Gasteiger partial charge in [-0.05, 0) is 37.4 Å². The van der Waals surface area contributed by atoms with Crippen LogP contribution < -0.4 is 11.1 Å². The average Bonchev–Trinajstić information content (AvgIpc) is 2.34. The number of pyridine rings is 1. The predicted octanol–water partition coefficient (Wildman–Crippen LogP) is 1.94. The van der Waals surface area contributed by atoms with Gasteiger partial charge in [0.25, 0.3) is 0 Å². The summed E-state index contributed by atoms with van der Waals surface area (Å²) in [4.78, 5) is 16.2. The summed E-state index contributed by atoms with van der Waals surface area (Å²) in [6.45, 7) is 6.73. The van der Waals surface area contributed by atoms with Crippen molar-refractivity contribution in [1.29, 1.82) is 0 Å². The molecule has 0 radical (unpaired) electrons. The Labute approximate surface area is 109 Å². The van der Waals surface area contributed by atoms with Crippen LogP contribution in [0.3, 0.4) is 0 Å². The summed E-state index contributed by atoms with van der Waals surface area (Å²) in [6.07, 6.45) is 2.97. The minimum absolute atomic E-state index is 0.0310. The minimum Gasteiger partial charge on any atom is -0.347 e. The van der Waals surface area contributed by atoms with Crippen LogP contribution >= 0.6 is 0 Å². The van der Waals surface area contributed by atoms with Gasteiger partial charge in [-0.15, -0.1) is 0 Å². The highest BCUT2D eigenvalue weighted by Gasteiger charge is 2.20. The molecule has 0 saturated heterocycles. The zero-order valence-corrected chi connectivity index (χ0v) is 11.4. The third-order valence-corrected chi connectivity index (χ3v) is 2.94. The molecule has 0 aromatic carbocycles. The van der Waals surface area contributed by atoms with E-state index in [0.29, 0.717) is 18.9 Å². The summed E-state index contributed by atoms with van der Waals surface area (Å²) >= 11 is 0. The number of nitrogens with two attached hydrogens (primary N) is 1. The number of hydrogen-bond donors (Lipinski definition) is 2. The minimum atomic E-state index is -0.0310. The summed E-state index contributed by atoms with van der Waals surface area (Å²) in [5.41, 5.74) is 7.47. The zero-order chi connectivity index (χ0) is 13.5. The number of aryl methyl sites for hydroxylation is 1. The highest BCUT2D eigenvalue weighted by atomic mass is 16.1. The first-order chi connectivity index (χ1) is 8.56. The van der Waals surface area contributed by atoms with Crippen LogP contribution in [-0.2, 0) is 4.79 Å². The number of carbonyl (C=O) groups is 1. The van der Waals surface area contributed by atoms with E-state index >= 15 is 0 Å². The van der Waals surface area contributed by atoms with E-state index in [4.69, 9.17) is 5.73 Å². The monoisotopic (exact) mass is 249 g/mol. The molecule has 1 aromatic rings. The van der Waals surface area contributed by atoms with Gasteiger partial charge in [-0.2, -0.15) is 0 Å². The van der Waals surface area contributed by atoms with Crippen molar-refractivity contribution < 1.29 is 4.79 Å². The molecule has 100 valence electrons. The lowest BCUT2D eigenvalue weighted by atomic mass is 9.97. The second-order valence-electron chi connectivity index (χ2n) is 4.89. The second-order valence-corrected chi connectivity index (χ2v) is 4.89. The summed E-state index contributed by atoms with van der Waals surface area (Å²) in [5, 5.41) is 3.05. The topological polar surface area (TPSA) is 68.0 Å². The van der Waals surface area contributed by atoms with E-state index in [1.165, 1.54) is 0 Å². The van der Waals surface area contributed by atoms with E-state index in [0.717, 1.165) is 17.7 Å². The molecule has 0 aliphatic rings. The molecule has 1 heterocycles. The molecule has 4 heteroatoms. The Morgan fingerprint density at radius 3 is 2.78 bits per heavy atom. The molecule has 1 aromatic heterocycles. The van der Waals surface area contributed by atoms with Gasteiger partial charge in [-0.25, -0.2) is 0 Å². The van der Waals surface area contributed by atoms with Crippen LogP contribution in [0.2, 0.25) is 0 Å². The molecule has 1 atom stereocenters. The number of carbonyl (C=O) groups excluding carboxylic acids is 1. The van der Waals surface area contributed by atoms with Crippen LogP contribution in [0.4, 0.5) is 0 Å². The number of rotatable bonds is 6. The molecular weight excluding hydrogens is 226 g/mol. The Morgan fingerprint density at radius 2 is 2.22 bits per heavy atom. The first kappa shape index (κ1) is 14.6. The van der Waals surface area contributed by atoms with Crippen LogP contribution in [-0.4, -0.2) is 17.4 Å². The number of nitrogens with one attached hydrogen (secondary N) is 1. The van der Waals surface area contributed by atoms with Gasteiger partial charge in [0.2, 0.25) is 5.91 Å². The van der Waals surface area contributed by atoms with Crippen molar-refractivity contribution in [3.05, 3.63) is 29.6 Å². The number of aromatic nitrogens is 1. The lowest BCUT2D eigenvalue weighted by Gasteiger charge is -2.23. The van der Waals surface area contributed by atoms with E-state index in [9.17, 15) is 4.79 Å². The van der Waals surface area contributed by atoms with E-state index < -0.39 is 0 Å². The van der Waals surface area contributed by atoms with E-state index in [1.54, 1.807) is 6.20 Å². The third kappa shape index (κ3) is 4.11. The molecule has 1 unspecified atom stereocenters. The van der Waals surface area contributed by atoms with Crippen molar-refractivity contribution >= 4 is 5.91 Å². The Kier molecular flexibility index (Phi) is 5.78. The Bertz CT molecular complexity index is 390. The number of amides is 1. The van der Waals surface area contributed by atoms with Crippen molar-refractivity contribution in [3.8, 4) is 0 Å². The molecule has 4 nitrogen and oxygen atoms in total. The Hall–Kier alpha value is -1.42. The highest BCUT2D eigenvalue weighted by molar-refractivity contribution is 5.76. The quantitative estimate of drug-likeness (QED) is 0.809. The van der Waals surface area contributed by atoms with Crippen molar-refractivity contribution in [2.45, 2.75) is 39.7 Å². The number of nitrogens with zero attached hydrogens (tertiary/aromatic N) is 1. The SMILES string of the molecule is Cc1cccnc1C(NC(=O)CCCN)C(C)C. The molecule has 0 spiro atoms. The molecule has 0 saturated carbocycles. The lowest BCUT2D eigenvalue weighted by molar-refractivity contribution is -0.122. The maximum absolute atomic E-state index is 11.8. The molecule has 0 fully saturated rings. The van der Waals surface area contributed by atoms with E-state index in [2.05, 4.69) is 24.1 Å². The fraction of sp³-hybridized carbons (Fsp3) is 0.571. The van der Waals surface area contributed by atoms with Crippen LogP contribution in [0.1, 0.15) is 44.0 Å². The van der Waals surface area contributed by atoms with Crippen LogP contribution in [0, 0.1) is 12.8 Å². The number of hydrogen-bond acceptors (Lipinski definition) is 3. The molecule has 18 heavy (non-hydrogen) atoms. The maximum atomic E-state index is 11.8. The normalized spacial score (nSPS) is 12.5. The van der Waals surface area contributed by atoms with Gasteiger partial charge < -0.3 is 11.1 Å². The second kappa shape index (κ2) is 7.11. The van der Waals surface area contributed by atoms with Gasteiger partial charge in [0.15, 0.2) is 0 Å². The fourth-order valence-electron chi connectivity index (χ4n) is 1.88. The van der Waals surface area contributed by atoms with Crippen molar-refractivity contribution in [3.63, 3.8) is 0 Å². The molecule has 1 amide bonds. The molecule has 1 rings (SSSR count). The molecule has 0 bridgehead atoms. The van der Waals surface area contributed by atoms with Gasteiger partial charge in [-0.3, -0.25) is 9.78 Å². The first-order valence-corrected chi connectivity index (χ1v) is 6.47. The van der Waals surface area contributed by atoms with Crippen LogP contribution in [0.5, 0.6) is 0 Å². The molecule has 3 N–H and O–H groups in total. The van der Waals surface area contributed by atoms with Gasteiger partial charge in [-0.1, -0.05) is 19.9 Å². The first-order valence-electron chi connectivity index (χ1n) is 6.47. The van der Waals surface area contributed by atoms with Crippen LogP contribution in [0.25, 0.3) is 0 Å². The van der Waals surface area contributed by atoms with E-state index in [1.807, 2.05) is 19.1 Å². The summed E-state index contributed by atoms with van der Waals surface area (Å²) in [6, 6.07) is 3.90. The van der Waals surface area contributed by atoms with Crippen molar-refractivity contribution in [2.24, 2.45) is 11.7 Å². The summed E-state index contributed by atoms with van der Waals surface area (Å²) in [5.74, 6) is 0.352. The standard InChI is InChI=1S/C14H23N3O/c1-10(2)13(17-12(18)7-4-8-15)14-11(3)6-5-9-16-14/h5-6,9-10,13H,4,7-8,15H2,1-3H3,(H,17,18). The van der Waals surface area contributed by atoms with Crippen molar-refractivity contribution in [1.82, 2.24) is 10.3 Å². The maximum Gasteiger partial charge on any atom is 0.220 e. The molecule has 0 aliphatic carbocycles. The zero-order valence-electron chi connectivity index (χ0n) is 11.4. The summed E-state index contributed by atoms with van der Waals surface area (Å²) < 4.78 is 0. The van der Waals surface area contributed by atoms with Gasteiger partial charge in [0, 0.05) is 12.6 Å². The van der Waals surface area contributed by atoms with E-state index in [-0.39, 0.29) is 11.9 Å². The molecular formula is C14H23N3O. The Morgan fingerprint density at radius 1 is 1.50 bits per heavy atom. The largest absolute Gasteiger partial charge is 0.347 e. The lowest BCUT2D eigenvalue weighted by Crippen LogP contribution is -2.33. The molecule has 0 aliphatic heterocycles. The van der Waals surface area contributed by atoms with Crippen molar-refractivity contribution in [2.75, 3.05) is 6.54 Å². The van der Waals surface area contributed by atoms with Gasteiger partial charge in [0.05, 0.1) is 11.7 Å². The van der Waals surface area contributed by atoms with Gasteiger partial charge >= 0.3 is 0 Å². The summed E-state index contributed by atoms with van der Waals surface area (Å²) in [7, 11) is 0. The predicted molar refractivity (Wildman–Crippen MR) is 73.0 cm³/mol. The smallest absolute Gasteiger partial charge is 0.220 e. The third-order valence-electron chi connectivity index (χ3n) is 2.94. The fourth-order valence-corrected chi connectivity index (χ4v) is 1.88.